The molecule has 116 valence electrons. The number of hydrogen-bond donors (Lipinski definition) is 1. The molecule has 21 heavy (non-hydrogen) atoms. The van der Waals surface area contributed by atoms with Gasteiger partial charge in [0.25, 0.3) is 0 Å². The van der Waals surface area contributed by atoms with Gasteiger partial charge in [-0.3, -0.25) is 4.79 Å². The van der Waals surface area contributed by atoms with Crippen molar-refractivity contribution in [2.45, 2.75) is 50.9 Å². The third-order valence-electron chi connectivity index (χ3n) is 4.31. The van der Waals surface area contributed by atoms with Gasteiger partial charge >= 0.3 is 0 Å². The molecule has 1 atom stereocenters. The first-order chi connectivity index (χ1) is 10.2. The Kier molecular flexibility index (Phi) is 4.26. The summed E-state index contributed by atoms with van der Waals surface area (Å²) in [4.78, 5) is 11.8. The van der Waals surface area contributed by atoms with Crippen LogP contribution in [0.3, 0.4) is 0 Å². The van der Waals surface area contributed by atoms with Crippen molar-refractivity contribution in [3.8, 4) is 0 Å². The van der Waals surface area contributed by atoms with E-state index in [1.807, 2.05) is 0 Å². The second-order valence-electron chi connectivity index (χ2n) is 6.12. The molecule has 2 aliphatic rings. The molecule has 1 spiro atoms. The van der Waals surface area contributed by atoms with Crippen LogP contribution in [0.15, 0.2) is 16.9 Å². The Balaban J connectivity index is 1.42. The van der Waals surface area contributed by atoms with Crippen molar-refractivity contribution < 1.29 is 18.8 Å². The summed E-state index contributed by atoms with van der Waals surface area (Å²) in [5.74, 6) is 0.281. The van der Waals surface area contributed by atoms with Gasteiger partial charge in [-0.25, -0.2) is 0 Å². The second-order valence-corrected chi connectivity index (χ2v) is 6.12. The normalized spacial score (nSPS) is 32.4. The van der Waals surface area contributed by atoms with Crippen molar-refractivity contribution in [3.63, 3.8) is 0 Å². The van der Waals surface area contributed by atoms with Gasteiger partial charge in [-0.1, -0.05) is 12.1 Å². The number of hydrogen-bond acceptors (Lipinski definition) is 5. The van der Waals surface area contributed by atoms with E-state index in [-0.39, 0.29) is 18.4 Å². The lowest BCUT2D eigenvalue weighted by atomic mass is 9.86. The van der Waals surface area contributed by atoms with Gasteiger partial charge in [0.2, 0.25) is 5.91 Å². The number of aromatic nitrogens is 1. The topological polar surface area (TPSA) is 73.6 Å². The van der Waals surface area contributed by atoms with Crippen molar-refractivity contribution in [1.82, 2.24) is 10.5 Å². The van der Waals surface area contributed by atoms with Crippen molar-refractivity contribution >= 4 is 5.91 Å². The number of ether oxygens (including phenoxy) is 2. The predicted octanol–water partition coefficient (Wildman–Crippen LogP) is 1.66. The highest BCUT2D eigenvalue weighted by Crippen LogP contribution is 2.39. The summed E-state index contributed by atoms with van der Waals surface area (Å²) in [6.07, 6.45) is 5.84. The van der Waals surface area contributed by atoms with Crippen molar-refractivity contribution in [3.05, 3.63) is 18.0 Å². The molecule has 6 heteroatoms. The van der Waals surface area contributed by atoms with Gasteiger partial charge in [-0.2, -0.15) is 0 Å². The van der Waals surface area contributed by atoms with Gasteiger partial charge in [-0.05, 0) is 18.8 Å². The molecule has 0 aromatic carbocycles. The average Bonchev–Trinajstić information content (AvgIpc) is 3.11. The van der Waals surface area contributed by atoms with Crippen molar-refractivity contribution in [2.75, 3.05) is 13.2 Å². The maximum Gasteiger partial charge on any atom is 0.226 e. The maximum atomic E-state index is 11.8. The van der Waals surface area contributed by atoms with Crippen LogP contribution < -0.4 is 5.32 Å². The molecule has 6 nitrogen and oxygen atoms in total. The van der Waals surface area contributed by atoms with E-state index >= 15 is 0 Å². The van der Waals surface area contributed by atoms with Crippen LogP contribution in [-0.2, 0) is 20.7 Å². The molecule has 1 amide bonds. The van der Waals surface area contributed by atoms with Crippen LogP contribution in [-0.4, -0.2) is 36.1 Å². The minimum Gasteiger partial charge on any atom is -0.364 e. The molecule has 1 aliphatic heterocycles. The maximum absolute atomic E-state index is 11.8. The molecular formula is C15H22N2O4. The van der Waals surface area contributed by atoms with Gasteiger partial charge in [0.05, 0.1) is 18.7 Å². The smallest absolute Gasteiger partial charge is 0.226 e. The Morgan fingerprint density at radius 2 is 2.29 bits per heavy atom. The zero-order chi connectivity index (χ0) is 14.7. The van der Waals surface area contributed by atoms with Crippen LogP contribution >= 0.6 is 0 Å². The summed E-state index contributed by atoms with van der Waals surface area (Å²) in [6, 6.07) is 1.69. The zero-order valence-electron chi connectivity index (χ0n) is 12.3. The fraction of sp³-hybridized carbons (Fsp3) is 0.733. The number of nitrogens with one attached hydrogen (secondary N) is 1. The van der Waals surface area contributed by atoms with Crippen LogP contribution in [0.1, 0.15) is 38.3 Å². The molecule has 1 aliphatic carbocycles. The summed E-state index contributed by atoms with van der Waals surface area (Å²) in [6.45, 7) is 3.30. The lowest BCUT2D eigenvalue weighted by molar-refractivity contribution is -0.191. The zero-order valence-corrected chi connectivity index (χ0v) is 12.3. The standard InChI is InChI=1S/C15H22N2O4/c1-11-2-5-15(6-3-11)19-10-13(21-15)9-16-14(18)8-12-4-7-20-17-12/h4,7,11,13H,2-3,5-6,8-10H2,1H3,(H,16,18)/t11?,13-,15?/m0/s1. The van der Waals surface area contributed by atoms with E-state index < -0.39 is 5.79 Å². The fourth-order valence-corrected chi connectivity index (χ4v) is 2.96. The molecule has 0 radical (unpaired) electrons. The van der Waals surface area contributed by atoms with Crippen molar-refractivity contribution in [2.24, 2.45) is 5.92 Å². The Bertz CT molecular complexity index is 466. The van der Waals surface area contributed by atoms with Crippen LogP contribution in [0.5, 0.6) is 0 Å². The Morgan fingerprint density at radius 1 is 1.48 bits per heavy atom. The number of nitrogens with zero attached hydrogens (tertiary/aromatic N) is 1. The van der Waals surface area contributed by atoms with E-state index in [9.17, 15) is 4.79 Å². The number of carbonyl (C=O) groups is 1. The van der Waals surface area contributed by atoms with Gasteiger partial charge in [0, 0.05) is 25.5 Å². The van der Waals surface area contributed by atoms with Crippen LogP contribution in [0.4, 0.5) is 0 Å². The van der Waals surface area contributed by atoms with E-state index in [1.165, 1.54) is 6.26 Å². The van der Waals surface area contributed by atoms with E-state index in [1.54, 1.807) is 6.07 Å². The lowest BCUT2D eigenvalue weighted by Crippen LogP contribution is -2.38. The highest BCUT2D eigenvalue weighted by molar-refractivity contribution is 5.78. The first-order valence-corrected chi connectivity index (χ1v) is 7.63. The summed E-state index contributed by atoms with van der Waals surface area (Å²) < 4.78 is 16.6. The number of amides is 1. The summed E-state index contributed by atoms with van der Waals surface area (Å²) in [5.41, 5.74) is 0.633. The molecule has 0 bridgehead atoms. The summed E-state index contributed by atoms with van der Waals surface area (Å²) >= 11 is 0. The van der Waals surface area contributed by atoms with Crippen LogP contribution in [0.25, 0.3) is 0 Å². The second kappa shape index (κ2) is 6.15. The summed E-state index contributed by atoms with van der Waals surface area (Å²) in [5, 5.41) is 6.59. The molecule has 1 aromatic heterocycles. The molecule has 1 saturated heterocycles. The Hall–Kier alpha value is -1.40. The third-order valence-corrected chi connectivity index (χ3v) is 4.31. The lowest BCUT2D eigenvalue weighted by Gasteiger charge is -2.34. The number of rotatable bonds is 4. The molecule has 2 heterocycles. The first-order valence-electron chi connectivity index (χ1n) is 7.63. The quantitative estimate of drug-likeness (QED) is 0.914. The van der Waals surface area contributed by atoms with Gasteiger partial charge in [0.1, 0.15) is 12.4 Å². The summed E-state index contributed by atoms with van der Waals surface area (Å²) in [7, 11) is 0. The Morgan fingerprint density at radius 3 is 3.00 bits per heavy atom. The minimum atomic E-state index is -0.395. The fourth-order valence-electron chi connectivity index (χ4n) is 2.96. The molecule has 1 saturated carbocycles. The Labute approximate surface area is 124 Å². The SMILES string of the molecule is CC1CCC2(CC1)OC[C@H](CNC(=O)Cc1ccon1)O2. The van der Waals surface area contributed by atoms with E-state index in [0.29, 0.717) is 18.8 Å². The van der Waals surface area contributed by atoms with E-state index in [0.717, 1.165) is 31.6 Å². The van der Waals surface area contributed by atoms with E-state index in [4.69, 9.17) is 14.0 Å². The predicted molar refractivity (Wildman–Crippen MR) is 74.4 cm³/mol. The van der Waals surface area contributed by atoms with Gasteiger partial charge < -0.3 is 19.3 Å². The first kappa shape index (κ1) is 14.5. The molecule has 1 N–H and O–H groups in total. The molecule has 1 aromatic rings. The third kappa shape index (κ3) is 3.63. The largest absolute Gasteiger partial charge is 0.364 e. The molecule has 3 rings (SSSR count). The molecular weight excluding hydrogens is 272 g/mol. The van der Waals surface area contributed by atoms with Gasteiger partial charge in [-0.15, -0.1) is 0 Å². The highest BCUT2D eigenvalue weighted by atomic mass is 16.7. The highest BCUT2D eigenvalue weighted by Gasteiger charge is 2.43. The van der Waals surface area contributed by atoms with Crippen LogP contribution in [0, 0.1) is 5.92 Å². The average molecular weight is 294 g/mol. The number of carbonyl (C=O) groups excluding carboxylic acids is 1. The monoisotopic (exact) mass is 294 g/mol. The van der Waals surface area contributed by atoms with E-state index in [2.05, 4.69) is 17.4 Å². The van der Waals surface area contributed by atoms with Gasteiger partial charge in [0.15, 0.2) is 5.79 Å². The molecule has 0 unspecified atom stereocenters. The van der Waals surface area contributed by atoms with Crippen LogP contribution in [0.2, 0.25) is 0 Å². The van der Waals surface area contributed by atoms with Crippen molar-refractivity contribution in [1.29, 1.82) is 0 Å². The minimum absolute atomic E-state index is 0.0559. The molecule has 2 fully saturated rings.